The monoisotopic (exact) mass is 360 g/mol. The lowest BCUT2D eigenvalue weighted by molar-refractivity contribution is -0.136. The minimum atomic E-state index is -4.58. The van der Waals surface area contributed by atoms with E-state index >= 15 is 0 Å². The topological polar surface area (TPSA) is 66.9 Å². The van der Waals surface area contributed by atoms with Gasteiger partial charge >= 0.3 is 6.18 Å². The first-order valence-corrected chi connectivity index (χ1v) is 7.99. The van der Waals surface area contributed by atoms with Crippen LogP contribution < -0.4 is 5.73 Å². The number of nitrogens with two attached hydrogens (primary N) is 1. The van der Waals surface area contributed by atoms with E-state index in [1.165, 1.54) is 13.0 Å². The Balaban J connectivity index is 2.36. The highest BCUT2D eigenvalue weighted by molar-refractivity contribution is 7.22. The molecule has 3 rings (SSSR count). The van der Waals surface area contributed by atoms with Crippen LogP contribution >= 0.6 is 11.3 Å². The van der Waals surface area contributed by atoms with Crippen molar-refractivity contribution in [1.29, 1.82) is 5.26 Å². The van der Waals surface area contributed by atoms with Crippen molar-refractivity contribution in [3.8, 4) is 17.2 Å². The van der Waals surface area contributed by atoms with Crippen LogP contribution in [0.15, 0.2) is 36.4 Å². The number of hydrogen-bond acceptors (Lipinski definition) is 4. The van der Waals surface area contributed by atoms with Gasteiger partial charge in [0.2, 0.25) is 0 Å². The number of benzene rings is 2. The third-order valence-corrected chi connectivity index (χ3v) is 5.17. The van der Waals surface area contributed by atoms with E-state index in [1.807, 2.05) is 6.07 Å². The zero-order valence-corrected chi connectivity index (χ0v) is 13.8. The molecule has 2 aromatic carbocycles. The number of carbonyl (C=O) groups excluding carboxylic acids is 1. The summed E-state index contributed by atoms with van der Waals surface area (Å²) in [6.07, 6.45) is -4.58. The third kappa shape index (κ3) is 2.85. The summed E-state index contributed by atoms with van der Waals surface area (Å²) >= 11 is 0.954. The maximum Gasteiger partial charge on any atom is 0.417 e. The molecule has 0 bridgehead atoms. The fourth-order valence-electron chi connectivity index (χ4n) is 2.68. The molecule has 0 aliphatic rings. The van der Waals surface area contributed by atoms with Crippen molar-refractivity contribution in [2.24, 2.45) is 0 Å². The molecule has 0 saturated carbocycles. The van der Waals surface area contributed by atoms with Crippen molar-refractivity contribution in [2.45, 2.75) is 13.1 Å². The van der Waals surface area contributed by atoms with Gasteiger partial charge in [-0.15, -0.1) is 11.3 Å². The molecule has 0 saturated heterocycles. The molecule has 0 atom stereocenters. The summed E-state index contributed by atoms with van der Waals surface area (Å²) in [5, 5.41) is 8.72. The normalized spacial score (nSPS) is 11.5. The van der Waals surface area contributed by atoms with Crippen molar-refractivity contribution >= 4 is 32.9 Å². The summed E-state index contributed by atoms with van der Waals surface area (Å²) in [6.45, 7) is 1.27. The minimum absolute atomic E-state index is 0.113. The van der Waals surface area contributed by atoms with Gasteiger partial charge in [0.05, 0.1) is 27.8 Å². The van der Waals surface area contributed by atoms with E-state index in [0.717, 1.165) is 17.4 Å². The molecule has 2 N–H and O–H groups in total. The van der Waals surface area contributed by atoms with Crippen LogP contribution in [0.1, 0.15) is 27.7 Å². The number of rotatable bonds is 2. The summed E-state index contributed by atoms with van der Waals surface area (Å²) in [4.78, 5) is 11.9. The van der Waals surface area contributed by atoms with Gasteiger partial charge in [-0.25, -0.2) is 0 Å². The fraction of sp³-hybridized carbons (Fsp3) is 0.111. The molecule has 3 aromatic rings. The Kier molecular flexibility index (Phi) is 4.01. The van der Waals surface area contributed by atoms with Gasteiger partial charge in [-0.2, -0.15) is 18.4 Å². The number of halogens is 3. The summed E-state index contributed by atoms with van der Waals surface area (Å²) in [5.41, 5.74) is 6.51. The Labute approximate surface area is 145 Å². The third-order valence-electron chi connectivity index (χ3n) is 3.83. The highest BCUT2D eigenvalue weighted by Crippen LogP contribution is 2.46. The van der Waals surface area contributed by atoms with E-state index in [-0.39, 0.29) is 21.7 Å². The summed E-state index contributed by atoms with van der Waals surface area (Å²) < 4.78 is 40.4. The average Bonchev–Trinajstić information content (AvgIpc) is 2.91. The second kappa shape index (κ2) is 5.90. The fourth-order valence-corrected chi connectivity index (χ4v) is 3.85. The van der Waals surface area contributed by atoms with E-state index in [4.69, 9.17) is 11.0 Å². The number of nitrogen functional groups attached to an aromatic ring is 1. The predicted octanol–water partition coefficient (Wildman–Crippen LogP) is 5.24. The van der Waals surface area contributed by atoms with Crippen LogP contribution in [-0.2, 0) is 6.18 Å². The number of alkyl halides is 3. The molecule has 1 aromatic heterocycles. The number of nitriles is 1. The number of fused-ring (bicyclic) bond motifs is 1. The van der Waals surface area contributed by atoms with E-state index in [2.05, 4.69) is 0 Å². The molecular weight excluding hydrogens is 349 g/mol. The van der Waals surface area contributed by atoms with E-state index in [9.17, 15) is 18.0 Å². The van der Waals surface area contributed by atoms with Gasteiger partial charge < -0.3 is 5.73 Å². The van der Waals surface area contributed by atoms with E-state index < -0.39 is 11.7 Å². The zero-order chi connectivity index (χ0) is 18.4. The first-order chi connectivity index (χ1) is 11.7. The van der Waals surface area contributed by atoms with Crippen LogP contribution in [0, 0.1) is 11.3 Å². The van der Waals surface area contributed by atoms with Gasteiger partial charge in [-0.3, -0.25) is 4.79 Å². The number of Topliss-reactive ketones (excluding diaryl/α,β-unsaturated/α-hetero) is 1. The van der Waals surface area contributed by atoms with Gasteiger partial charge in [-0.05, 0) is 29.3 Å². The molecule has 0 radical (unpaired) electrons. The SMILES string of the molecule is CC(=O)c1sc2c(-c3ccc(C#N)cc3)ccc(C(F)(F)F)c2c1N. The van der Waals surface area contributed by atoms with E-state index in [0.29, 0.717) is 21.4 Å². The second-order valence-electron chi connectivity index (χ2n) is 5.45. The lowest BCUT2D eigenvalue weighted by Gasteiger charge is -2.12. The molecule has 7 heteroatoms. The van der Waals surface area contributed by atoms with Crippen molar-refractivity contribution in [1.82, 2.24) is 0 Å². The molecule has 3 nitrogen and oxygen atoms in total. The predicted molar refractivity (Wildman–Crippen MR) is 91.4 cm³/mol. The molecule has 126 valence electrons. The minimum Gasteiger partial charge on any atom is -0.397 e. The standard InChI is InChI=1S/C18H11F3N2OS/c1-9(24)16-15(23)14-13(18(19,20)21)7-6-12(17(14)25-16)11-4-2-10(8-22)3-5-11/h2-7H,23H2,1H3. The van der Waals surface area contributed by atoms with Crippen LogP contribution in [0.3, 0.4) is 0 Å². The number of thiophene rings is 1. The first-order valence-electron chi connectivity index (χ1n) is 7.17. The number of hydrogen-bond donors (Lipinski definition) is 1. The highest BCUT2D eigenvalue weighted by atomic mass is 32.1. The Hall–Kier alpha value is -2.85. The maximum absolute atomic E-state index is 13.4. The average molecular weight is 360 g/mol. The zero-order valence-electron chi connectivity index (χ0n) is 12.9. The van der Waals surface area contributed by atoms with Gasteiger partial charge in [0.1, 0.15) is 0 Å². The van der Waals surface area contributed by atoms with Crippen molar-refractivity contribution in [2.75, 3.05) is 5.73 Å². The van der Waals surface area contributed by atoms with Crippen LogP contribution in [0.5, 0.6) is 0 Å². The number of carbonyl (C=O) groups is 1. The van der Waals surface area contributed by atoms with Gasteiger partial charge in [0.25, 0.3) is 0 Å². The summed E-state index contributed by atoms with van der Waals surface area (Å²) in [5.74, 6) is -0.377. The molecule has 25 heavy (non-hydrogen) atoms. The molecular formula is C18H11F3N2OS. The van der Waals surface area contributed by atoms with Crippen LogP contribution in [0.25, 0.3) is 21.2 Å². The van der Waals surface area contributed by atoms with Crippen LogP contribution in [0.2, 0.25) is 0 Å². The Morgan fingerprint density at radius 3 is 2.32 bits per heavy atom. The largest absolute Gasteiger partial charge is 0.417 e. The Morgan fingerprint density at radius 2 is 1.80 bits per heavy atom. The van der Waals surface area contributed by atoms with Crippen molar-refractivity contribution < 1.29 is 18.0 Å². The van der Waals surface area contributed by atoms with Gasteiger partial charge in [-0.1, -0.05) is 18.2 Å². The van der Waals surface area contributed by atoms with Gasteiger partial charge in [0.15, 0.2) is 5.78 Å². The summed E-state index contributed by atoms with van der Waals surface area (Å²) in [6, 6.07) is 10.8. The molecule has 0 unspecified atom stereocenters. The lowest BCUT2D eigenvalue weighted by atomic mass is 9.98. The second-order valence-corrected chi connectivity index (χ2v) is 6.47. The van der Waals surface area contributed by atoms with E-state index in [1.54, 1.807) is 24.3 Å². The summed E-state index contributed by atoms with van der Waals surface area (Å²) in [7, 11) is 0. The number of nitrogens with zero attached hydrogens (tertiary/aromatic N) is 1. The van der Waals surface area contributed by atoms with Crippen molar-refractivity contribution in [3.05, 3.63) is 52.4 Å². The molecule has 1 heterocycles. The van der Waals surface area contributed by atoms with Crippen LogP contribution in [-0.4, -0.2) is 5.78 Å². The number of ketones is 1. The van der Waals surface area contributed by atoms with Gasteiger partial charge in [0, 0.05) is 17.0 Å². The Bertz CT molecular complexity index is 1030. The molecule has 0 fully saturated rings. The molecule has 0 amide bonds. The molecule has 0 aliphatic heterocycles. The first kappa shape index (κ1) is 17.0. The molecule has 0 spiro atoms. The quantitative estimate of drug-likeness (QED) is 0.635. The molecule has 0 aliphatic carbocycles. The lowest BCUT2D eigenvalue weighted by Crippen LogP contribution is -2.06. The Morgan fingerprint density at radius 1 is 1.16 bits per heavy atom. The smallest absolute Gasteiger partial charge is 0.397 e. The highest BCUT2D eigenvalue weighted by Gasteiger charge is 2.35. The van der Waals surface area contributed by atoms with Crippen molar-refractivity contribution in [3.63, 3.8) is 0 Å². The maximum atomic E-state index is 13.4. The van der Waals surface area contributed by atoms with Crippen LogP contribution in [0.4, 0.5) is 18.9 Å². The number of anilines is 1.